The normalized spacial score (nSPS) is 16.9. The van der Waals surface area contributed by atoms with E-state index in [0.29, 0.717) is 4.90 Å². The molecule has 0 unspecified atom stereocenters. The highest BCUT2D eigenvalue weighted by Crippen LogP contribution is 2.23. The van der Waals surface area contributed by atoms with Crippen LogP contribution in [-0.4, -0.2) is 41.6 Å². The molecular weight excluding hydrogens is 250 g/mol. The van der Waals surface area contributed by atoms with Gasteiger partial charge in [-0.3, -0.25) is 0 Å². The summed E-state index contributed by atoms with van der Waals surface area (Å²) in [4.78, 5) is 2.60. The van der Waals surface area contributed by atoms with E-state index in [1.807, 2.05) is 13.0 Å². The zero-order chi connectivity index (χ0) is 13.2. The minimum Gasteiger partial charge on any atom is -0.369 e. The second-order valence-electron chi connectivity index (χ2n) is 4.39. The summed E-state index contributed by atoms with van der Waals surface area (Å²) in [6, 6.07) is 5.28. The topological polar surface area (TPSA) is 61.4 Å². The lowest BCUT2D eigenvalue weighted by Crippen LogP contribution is -2.43. The van der Waals surface area contributed by atoms with Gasteiger partial charge in [0.05, 0.1) is 4.90 Å². The third-order valence-electron chi connectivity index (χ3n) is 3.20. The van der Waals surface area contributed by atoms with Crippen LogP contribution in [0.2, 0.25) is 0 Å². The van der Waals surface area contributed by atoms with Gasteiger partial charge in [-0.05, 0) is 37.7 Å². The van der Waals surface area contributed by atoms with Crippen LogP contribution in [0.4, 0.5) is 5.69 Å². The first-order valence-corrected chi connectivity index (χ1v) is 7.53. The van der Waals surface area contributed by atoms with Crippen molar-refractivity contribution in [1.29, 1.82) is 0 Å². The third kappa shape index (κ3) is 2.66. The highest BCUT2D eigenvalue weighted by atomic mass is 32.2. The Bertz CT molecular complexity index is 522. The molecule has 1 heterocycles. The summed E-state index contributed by atoms with van der Waals surface area (Å²) < 4.78 is 25.7. The molecule has 1 aliphatic heterocycles. The Morgan fingerprint density at radius 2 is 1.94 bits per heavy atom. The molecule has 0 amide bonds. The van der Waals surface area contributed by atoms with Gasteiger partial charge in [-0.2, -0.15) is 0 Å². The number of aryl methyl sites for hydroxylation is 1. The molecule has 1 fully saturated rings. The fourth-order valence-corrected chi connectivity index (χ4v) is 2.99. The number of rotatable bonds is 3. The first kappa shape index (κ1) is 13.3. The Hall–Kier alpha value is -1.11. The standard InChI is InChI=1S/C12H19N3O2S/c1-10-9-11(18(16,17)13-2)3-4-12(10)15-7-5-14-6-8-15/h3-4,9,13-14H,5-8H2,1-2H3. The molecule has 5 nitrogen and oxygen atoms in total. The predicted molar refractivity (Wildman–Crippen MR) is 72.5 cm³/mol. The molecule has 100 valence electrons. The number of sulfonamides is 1. The Balaban J connectivity index is 2.30. The van der Waals surface area contributed by atoms with E-state index >= 15 is 0 Å². The van der Waals surface area contributed by atoms with Gasteiger partial charge in [-0.25, -0.2) is 13.1 Å². The van der Waals surface area contributed by atoms with Crippen LogP contribution in [0.1, 0.15) is 5.56 Å². The average molecular weight is 269 g/mol. The summed E-state index contributed by atoms with van der Waals surface area (Å²) in [5, 5.41) is 3.30. The number of benzene rings is 1. The summed E-state index contributed by atoms with van der Waals surface area (Å²) >= 11 is 0. The van der Waals surface area contributed by atoms with Crippen LogP contribution in [0.15, 0.2) is 23.1 Å². The number of hydrogen-bond acceptors (Lipinski definition) is 4. The first-order chi connectivity index (χ1) is 8.54. The van der Waals surface area contributed by atoms with Crippen LogP contribution in [0.3, 0.4) is 0 Å². The van der Waals surface area contributed by atoms with Gasteiger partial charge in [0, 0.05) is 31.9 Å². The molecule has 1 aliphatic rings. The number of hydrogen-bond donors (Lipinski definition) is 2. The largest absolute Gasteiger partial charge is 0.369 e. The quantitative estimate of drug-likeness (QED) is 0.829. The van der Waals surface area contributed by atoms with Gasteiger partial charge >= 0.3 is 0 Å². The minimum atomic E-state index is -3.35. The van der Waals surface area contributed by atoms with Crippen LogP contribution in [-0.2, 0) is 10.0 Å². The Labute approximate surface area is 108 Å². The zero-order valence-electron chi connectivity index (χ0n) is 10.7. The fourth-order valence-electron chi connectivity index (χ4n) is 2.17. The van der Waals surface area contributed by atoms with Crippen molar-refractivity contribution >= 4 is 15.7 Å². The lowest BCUT2D eigenvalue weighted by molar-refractivity contribution is 0.585. The number of anilines is 1. The Morgan fingerprint density at radius 1 is 1.28 bits per heavy atom. The Kier molecular flexibility index (Phi) is 3.89. The van der Waals surface area contributed by atoms with E-state index < -0.39 is 10.0 Å². The number of nitrogens with zero attached hydrogens (tertiary/aromatic N) is 1. The smallest absolute Gasteiger partial charge is 0.240 e. The molecule has 0 aliphatic carbocycles. The summed E-state index contributed by atoms with van der Waals surface area (Å²) in [6.45, 7) is 5.80. The summed E-state index contributed by atoms with van der Waals surface area (Å²) in [5.74, 6) is 0. The maximum atomic E-state index is 11.7. The van der Waals surface area contributed by atoms with E-state index in [1.54, 1.807) is 12.1 Å². The second-order valence-corrected chi connectivity index (χ2v) is 6.28. The molecule has 0 spiro atoms. The molecule has 6 heteroatoms. The zero-order valence-corrected chi connectivity index (χ0v) is 11.5. The highest BCUT2D eigenvalue weighted by Gasteiger charge is 2.16. The molecule has 1 aromatic rings. The van der Waals surface area contributed by atoms with Gasteiger partial charge in [-0.1, -0.05) is 0 Å². The van der Waals surface area contributed by atoms with E-state index in [9.17, 15) is 8.42 Å². The fraction of sp³-hybridized carbons (Fsp3) is 0.500. The molecule has 18 heavy (non-hydrogen) atoms. The lowest BCUT2D eigenvalue weighted by Gasteiger charge is -2.30. The molecule has 1 aromatic carbocycles. The molecule has 0 saturated carbocycles. The van der Waals surface area contributed by atoms with Gasteiger partial charge < -0.3 is 10.2 Å². The molecule has 0 bridgehead atoms. The first-order valence-electron chi connectivity index (χ1n) is 6.04. The van der Waals surface area contributed by atoms with Crippen molar-refractivity contribution in [2.75, 3.05) is 38.1 Å². The van der Waals surface area contributed by atoms with Gasteiger partial charge in [0.25, 0.3) is 0 Å². The van der Waals surface area contributed by atoms with E-state index in [-0.39, 0.29) is 0 Å². The van der Waals surface area contributed by atoms with Gasteiger partial charge in [0.2, 0.25) is 10.0 Å². The SMILES string of the molecule is CNS(=O)(=O)c1ccc(N2CCNCC2)c(C)c1. The van der Waals surface area contributed by atoms with Crippen molar-refractivity contribution in [2.45, 2.75) is 11.8 Å². The van der Waals surface area contributed by atoms with Crippen LogP contribution in [0, 0.1) is 6.92 Å². The number of nitrogens with one attached hydrogen (secondary N) is 2. The van der Waals surface area contributed by atoms with E-state index in [0.717, 1.165) is 37.4 Å². The molecule has 0 radical (unpaired) electrons. The molecule has 1 saturated heterocycles. The van der Waals surface area contributed by atoms with Crippen molar-refractivity contribution in [2.24, 2.45) is 0 Å². The van der Waals surface area contributed by atoms with Crippen molar-refractivity contribution in [3.05, 3.63) is 23.8 Å². The molecule has 2 N–H and O–H groups in total. The molecule has 2 rings (SSSR count). The summed E-state index contributed by atoms with van der Waals surface area (Å²) in [5.41, 5.74) is 2.11. The summed E-state index contributed by atoms with van der Waals surface area (Å²) in [6.07, 6.45) is 0. The van der Waals surface area contributed by atoms with Crippen molar-refractivity contribution in [3.8, 4) is 0 Å². The van der Waals surface area contributed by atoms with Crippen LogP contribution in [0.5, 0.6) is 0 Å². The molecule has 0 atom stereocenters. The van der Waals surface area contributed by atoms with E-state index in [2.05, 4.69) is 14.9 Å². The average Bonchev–Trinajstić information content (AvgIpc) is 2.39. The van der Waals surface area contributed by atoms with Crippen molar-refractivity contribution in [3.63, 3.8) is 0 Å². The second kappa shape index (κ2) is 5.26. The van der Waals surface area contributed by atoms with Gasteiger partial charge in [-0.15, -0.1) is 0 Å². The number of piperazine rings is 1. The predicted octanol–water partition coefficient (Wildman–Crippen LogP) is 0.313. The summed E-state index contributed by atoms with van der Waals surface area (Å²) in [7, 11) is -1.92. The van der Waals surface area contributed by atoms with Crippen LogP contribution in [0.25, 0.3) is 0 Å². The van der Waals surface area contributed by atoms with Crippen LogP contribution < -0.4 is 14.9 Å². The third-order valence-corrected chi connectivity index (χ3v) is 4.62. The highest BCUT2D eigenvalue weighted by molar-refractivity contribution is 7.89. The maximum Gasteiger partial charge on any atom is 0.240 e. The minimum absolute atomic E-state index is 0.321. The maximum absolute atomic E-state index is 11.7. The van der Waals surface area contributed by atoms with Crippen molar-refractivity contribution in [1.82, 2.24) is 10.0 Å². The monoisotopic (exact) mass is 269 g/mol. The molecular formula is C12H19N3O2S. The van der Waals surface area contributed by atoms with E-state index in [1.165, 1.54) is 7.05 Å². The van der Waals surface area contributed by atoms with Crippen molar-refractivity contribution < 1.29 is 8.42 Å². The van der Waals surface area contributed by atoms with Gasteiger partial charge in [0.1, 0.15) is 0 Å². The van der Waals surface area contributed by atoms with E-state index in [4.69, 9.17) is 0 Å². The molecule has 0 aromatic heterocycles. The Morgan fingerprint density at radius 3 is 2.50 bits per heavy atom. The lowest BCUT2D eigenvalue weighted by atomic mass is 10.1. The van der Waals surface area contributed by atoms with Crippen LogP contribution >= 0.6 is 0 Å². The van der Waals surface area contributed by atoms with Gasteiger partial charge in [0.15, 0.2) is 0 Å².